The molecule has 2 aromatic rings. The molecular weight excluding hydrogens is 316 g/mol. The van der Waals surface area contributed by atoms with Gasteiger partial charge < -0.3 is 10.6 Å². The minimum atomic E-state index is -0.0737. The summed E-state index contributed by atoms with van der Waals surface area (Å²) in [6.07, 6.45) is 0.979. The van der Waals surface area contributed by atoms with Crippen LogP contribution in [0.25, 0.3) is 0 Å². The van der Waals surface area contributed by atoms with Gasteiger partial charge in [0, 0.05) is 28.0 Å². The Kier molecular flexibility index (Phi) is 3.49. The van der Waals surface area contributed by atoms with Gasteiger partial charge in [-0.25, -0.2) is 0 Å². The molecule has 0 aliphatic carbocycles. The van der Waals surface area contributed by atoms with Crippen LogP contribution in [0.5, 0.6) is 0 Å². The molecule has 0 bridgehead atoms. The Balaban J connectivity index is 1.80. The van der Waals surface area contributed by atoms with E-state index in [0.29, 0.717) is 5.56 Å². The Labute approximate surface area is 126 Å². The highest BCUT2D eigenvalue weighted by Gasteiger charge is 2.13. The average Bonchev–Trinajstić information content (AvgIpc) is 2.90. The molecule has 0 spiro atoms. The first-order valence-electron chi connectivity index (χ1n) is 6.58. The number of hydrogen-bond acceptors (Lipinski definition) is 2. The van der Waals surface area contributed by atoms with Gasteiger partial charge in [0.2, 0.25) is 0 Å². The van der Waals surface area contributed by atoms with Crippen LogP contribution in [0.3, 0.4) is 0 Å². The zero-order valence-electron chi connectivity index (χ0n) is 11.2. The third-order valence-electron chi connectivity index (χ3n) is 3.51. The minimum absolute atomic E-state index is 0.0737. The largest absolute Gasteiger partial charge is 0.384 e. The second-order valence-electron chi connectivity index (χ2n) is 4.97. The molecule has 3 rings (SSSR count). The van der Waals surface area contributed by atoms with Gasteiger partial charge in [0.1, 0.15) is 0 Å². The van der Waals surface area contributed by atoms with Crippen molar-refractivity contribution in [3.05, 3.63) is 57.6 Å². The summed E-state index contributed by atoms with van der Waals surface area (Å²) < 4.78 is 0.994. The third-order valence-corrected chi connectivity index (χ3v) is 4.36. The van der Waals surface area contributed by atoms with Crippen molar-refractivity contribution in [3.8, 4) is 0 Å². The molecule has 1 aliphatic rings. The first-order valence-corrected chi connectivity index (χ1v) is 7.37. The molecule has 0 atom stereocenters. The normalized spacial score (nSPS) is 12.7. The summed E-state index contributed by atoms with van der Waals surface area (Å²) >= 11 is 3.47. The summed E-state index contributed by atoms with van der Waals surface area (Å²) in [6, 6.07) is 11.6. The average molecular weight is 331 g/mol. The fourth-order valence-corrected chi connectivity index (χ4v) is 2.70. The van der Waals surface area contributed by atoms with Gasteiger partial charge in [0.05, 0.1) is 0 Å². The molecule has 0 aromatic heterocycles. The number of nitrogens with one attached hydrogen (secondary N) is 2. The van der Waals surface area contributed by atoms with Crippen molar-refractivity contribution in [2.75, 3.05) is 17.2 Å². The van der Waals surface area contributed by atoms with Gasteiger partial charge >= 0.3 is 0 Å². The van der Waals surface area contributed by atoms with Gasteiger partial charge in [0.15, 0.2) is 0 Å². The topological polar surface area (TPSA) is 41.1 Å². The molecule has 2 aromatic carbocycles. The summed E-state index contributed by atoms with van der Waals surface area (Å²) in [5.41, 5.74) is 4.99. The van der Waals surface area contributed by atoms with E-state index in [1.54, 1.807) is 0 Å². The van der Waals surface area contributed by atoms with Crippen LogP contribution in [-0.4, -0.2) is 12.5 Å². The molecule has 20 heavy (non-hydrogen) atoms. The number of hydrogen-bond donors (Lipinski definition) is 2. The Morgan fingerprint density at radius 2 is 2.10 bits per heavy atom. The number of fused-ring (bicyclic) bond motifs is 1. The number of rotatable bonds is 2. The van der Waals surface area contributed by atoms with E-state index in [0.717, 1.165) is 34.4 Å². The SMILES string of the molecule is Cc1ccc(NC(=O)c2ccc3c(c2)CCN3)cc1Br. The molecule has 0 saturated carbocycles. The molecule has 0 radical (unpaired) electrons. The molecule has 0 fully saturated rings. The lowest BCUT2D eigenvalue weighted by atomic mass is 10.1. The van der Waals surface area contributed by atoms with Crippen molar-refractivity contribution >= 4 is 33.2 Å². The predicted octanol–water partition coefficient (Wildman–Crippen LogP) is 3.98. The Hall–Kier alpha value is -1.81. The molecule has 2 N–H and O–H groups in total. The van der Waals surface area contributed by atoms with Gasteiger partial charge in [-0.15, -0.1) is 0 Å². The van der Waals surface area contributed by atoms with E-state index in [1.165, 1.54) is 5.56 Å². The van der Waals surface area contributed by atoms with Crippen LogP contribution in [0, 0.1) is 6.92 Å². The maximum Gasteiger partial charge on any atom is 0.255 e. The number of carbonyl (C=O) groups is 1. The first kappa shape index (κ1) is 13.2. The molecule has 1 amide bonds. The standard InChI is InChI=1S/C16H15BrN2O/c1-10-2-4-13(9-14(10)17)19-16(20)12-3-5-15-11(8-12)6-7-18-15/h2-5,8-9,18H,6-7H2,1H3,(H,19,20). The van der Waals surface area contributed by atoms with Crippen molar-refractivity contribution in [1.29, 1.82) is 0 Å². The fourth-order valence-electron chi connectivity index (χ4n) is 2.32. The van der Waals surface area contributed by atoms with E-state index >= 15 is 0 Å². The highest BCUT2D eigenvalue weighted by Crippen LogP contribution is 2.24. The Morgan fingerprint density at radius 3 is 2.90 bits per heavy atom. The molecular formula is C16H15BrN2O. The molecule has 102 valence electrons. The van der Waals surface area contributed by atoms with Gasteiger partial charge in [-0.2, -0.15) is 0 Å². The quantitative estimate of drug-likeness (QED) is 0.874. The molecule has 4 heteroatoms. The van der Waals surface area contributed by atoms with Crippen LogP contribution in [0.4, 0.5) is 11.4 Å². The number of halogens is 1. The fraction of sp³-hybridized carbons (Fsp3) is 0.188. The maximum absolute atomic E-state index is 12.3. The van der Waals surface area contributed by atoms with E-state index < -0.39 is 0 Å². The maximum atomic E-state index is 12.3. The second-order valence-corrected chi connectivity index (χ2v) is 5.82. The van der Waals surface area contributed by atoms with Gasteiger partial charge in [-0.3, -0.25) is 4.79 Å². The number of anilines is 2. The van der Waals surface area contributed by atoms with E-state index in [2.05, 4.69) is 26.6 Å². The van der Waals surface area contributed by atoms with E-state index in [-0.39, 0.29) is 5.91 Å². The molecule has 0 unspecified atom stereocenters. The van der Waals surface area contributed by atoms with Crippen molar-refractivity contribution < 1.29 is 4.79 Å². The molecule has 0 saturated heterocycles. The van der Waals surface area contributed by atoms with Crippen LogP contribution < -0.4 is 10.6 Å². The van der Waals surface area contributed by atoms with E-state index in [9.17, 15) is 4.79 Å². The van der Waals surface area contributed by atoms with E-state index in [1.807, 2.05) is 43.3 Å². The first-order chi connectivity index (χ1) is 9.63. The zero-order valence-corrected chi connectivity index (χ0v) is 12.8. The van der Waals surface area contributed by atoms with Crippen LogP contribution in [0.2, 0.25) is 0 Å². The minimum Gasteiger partial charge on any atom is -0.384 e. The molecule has 1 aliphatic heterocycles. The summed E-state index contributed by atoms with van der Waals surface area (Å²) in [6.45, 7) is 2.97. The van der Waals surface area contributed by atoms with Crippen molar-refractivity contribution in [2.45, 2.75) is 13.3 Å². The molecule has 3 nitrogen and oxygen atoms in total. The van der Waals surface area contributed by atoms with Crippen LogP contribution in [0.15, 0.2) is 40.9 Å². The van der Waals surface area contributed by atoms with Crippen LogP contribution in [-0.2, 0) is 6.42 Å². The smallest absolute Gasteiger partial charge is 0.255 e. The molecule has 1 heterocycles. The lowest BCUT2D eigenvalue weighted by Gasteiger charge is -2.08. The highest BCUT2D eigenvalue weighted by molar-refractivity contribution is 9.10. The monoisotopic (exact) mass is 330 g/mol. The second kappa shape index (κ2) is 5.29. The lowest BCUT2D eigenvalue weighted by Crippen LogP contribution is -2.12. The Bertz CT molecular complexity index is 682. The Morgan fingerprint density at radius 1 is 1.25 bits per heavy atom. The van der Waals surface area contributed by atoms with Gasteiger partial charge in [-0.05, 0) is 54.8 Å². The number of amides is 1. The highest BCUT2D eigenvalue weighted by atomic mass is 79.9. The summed E-state index contributed by atoms with van der Waals surface area (Å²) in [5.74, 6) is -0.0737. The van der Waals surface area contributed by atoms with Gasteiger partial charge in [0.25, 0.3) is 5.91 Å². The van der Waals surface area contributed by atoms with Crippen LogP contribution >= 0.6 is 15.9 Å². The summed E-state index contributed by atoms with van der Waals surface area (Å²) in [5, 5.41) is 6.22. The summed E-state index contributed by atoms with van der Waals surface area (Å²) in [7, 11) is 0. The van der Waals surface area contributed by atoms with E-state index in [4.69, 9.17) is 0 Å². The predicted molar refractivity (Wildman–Crippen MR) is 85.5 cm³/mol. The van der Waals surface area contributed by atoms with Crippen LogP contribution in [0.1, 0.15) is 21.5 Å². The lowest BCUT2D eigenvalue weighted by molar-refractivity contribution is 0.102. The number of aryl methyl sites for hydroxylation is 1. The van der Waals surface area contributed by atoms with Crippen molar-refractivity contribution in [2.24, 2.45) is 0 Å². The summed E-state index contributed by atoms with van der Waals surface area (Å²) in [4.78, 5) is 12.3. The zero-order chi connectivity index (χ0) is 14.1. The van der Waals surface area contributed by atoms with Crippen molar-refractivity contribution in [3.63, 3.8) is 0 Å². The van der Waals surface area contributed by atoms with Gasteiger partial charge in [-0.1, -0.05) is 22.0 Å². The van der Waals surface area contributed by atoms with Crippen molar-refractivity contribution in [1.82, 2.24) is 0 Å². The number of benzene rings is 2. The number of carbonyl (C=O) groups excluding carboxylic acids is 1. The third kappa shape index (κ3) is 2.56.